The van der Waals surface area contributed by atoms with Crippen molar-refractivity contribution in [2.75, 3.05) is 6.54 Å². The summed E-state index contributed by atoms with van der Waals surface area (Å²) < 4.78 is 0. The topological polar surface area (TPSA) is 69.6 Å². The van der Waals surface area contributed by atoms with Crippen LogP contribution in [-0.4, -0.2) is 34.6 Å². The van der Waals surface area contributed by atoms with Crippen molar-refractivity contribution in [3.05, 3.63) is 47.5 Å². The fraction of sp³-hybridized carbons (Fsp3) is 0.375. The van der Waals surface area contributed by atoms with E-state index in [0.29, 0.717) is 19.5 Å². The fourth-order valence-corrected chi connectivity index (χ4v) is 2.49. The summed E-state index contributed by atoms with van der Waals surface area (Å²) in [5, 5.41) is 12.1. The number of hydrogen-bond donors (Lipinski definition) is 2. The highest BCUT2D eigenvalue weighted by Crippen LogP contribution is 2.23. The molecule has 1 aliphatic heterocycles. The average molecular weight is 288 g/mol. The zero-order chi connectivity index (χ0) is 15.2. The van der Waals surface area contributed by atoms with Gasteiger partial charge in [0.1, 0.15) is 6.04 Å². The van der Waals surface area contributed by atoms with Gasteiger partial charge in [-0.2, -0.15) is 0 Å². The lowest BCUT2D eigenvalue weighted by molar-refractivity contribution is -0.142. The second kappa shape index (κ2) is 6.92. The number of nitrogens with zero attached hydrogens (tertiary/aromatic N) is 1. The Bertz CT molecular complexity index is 554. The van der Waals surface area contributed by atoms with Crippen LogP contribution in [0.25, 0.3) is 0 Å². The first-order chi connectivity index (χ1) is 10.1. The highest BCUT2D eigenvalue weighted by molar-refractivity contribution is 5.83. The molecule has 2 rings (SSSR count). The molecule has 0 fully saturated rings. The number of rotatable bonds is 4. The van der Waals surface area contributed by atoms with Crippen molar-refractivity contribution in [1.29, 1.82) is 0 Å². The molecule has 0 saturated carbocycles. The third kappa shape index (κ3) is 3.62. The van der Waals surface area contributed by atoms with E-state index in [1.165, 1.54) is 4.90 Å². The predicted octanol–water partition coefficient (Wildman–Crippen LogP) is 2.17. The second-order valence-electron chi connectivity index (χ2n) is 5.04. The van der Waals surface area contributed by atoms with Crippen molar-refractivity contribution in [1.82, 2.24) is 10.2 Å². The molecule has 0 bridgehead atoms. The van der Waals surface area contributed by atoms with Gasteiger partial charge in [-0.05, 0) is 24.5 Å². The maximum absolute atomic E-state index is 12.2. The summed E-state index contributed by atoms with van der Waals surface area (Å²) in [6.07, 6.45) is 4.97. The number of carboxylic acids is 1. The first-order valence-electron chi connectivity index (χ1n) is 7.08. The van der Waals surface area contributed by atoms with E-state index in [2.05, 4.69) is 5.32 Å². The number of allylic oxidation sites excluding steroid dienone is 1. The summed E-state index contributed by atoms with van der Waals surface area (Å²) in [5.74, 6) is -0.965. The van der Waals surface area contributed by atoms with Crippen LogP contribution in [0.3, 0.4) is 0 Å². The van der Waals surface area contributed by atoms with Crippen LogP contribution in [0.5, 0.6) is 0 Å². The maximum Gasteiger partial charge on any atom is 0.326 e. The van der Waals surface area contributed by atoms with Gasteiger partial charge in [0.05, 0.1) is 0 Å². The van der Waals surface area contributed by atoms with Crippen LogP contribution in [0.4, 0.5) is 4.79 Å². The molecule has 0 radical (unpaired) electrons. The minimum absolute atomic E-state index is 0.318. The van der Waals surface area contributed by atoms with E-state index >= 15 is 0 Å². The number of benzene rings is 1. The van der Waals surface area contributed by atoms with Crippen LogP contribution in [0.2, 0.25) is 0 Å². The van der Waals surface area contributed by atoms with Gasteiger partial charge in [-0.3, -0.25) is 0 Å². The third-order valence-corrected chi connectivity index (χ3v) is 3.62. The van der Waals surface area contributed by atoms with Gasteiger partial charge in [0, 0.05) is 19.5 Å². The number of carboxylic acid groups (broad SMARTS) is 1. The average Bonchev–Trinajstić information content (AvgIpc) is 2.50. The van der Waals surface area contributed by atoms with Crippen molar-refractivity contribution in [3.63, 3.8) is 0 Å². The van der Waals surface area contributed by atoms with Crippen molar-refractivity contribution in [3.8, 4) is 0 Å². The van der Waals surface area contributed by atoms with Crippen molar-refractivity contribution in [2.45, 2.75) is 32.4 Å². The number of amides is 2. The fourth-order valence-electron chi connectivity index (χ4n) is 2.49. The van der Waals surface area contributed by atoms with Crippen molar-refractivity contribution < 1.29 is 14.7 Å². The largest absolute Gasteiger partial charge is 0.480 e. The van der Waals surface area contributed by atoms with E-state index in [4.69, 9.17) is 0 Å². The molecule has 112 valence electrons. The van der Waals surface area contributed by atoms with Gasteiger partial charge in [-0.15, -0.1) is 0 Å². The molecule has 5 heteroatoms. The lowest BCUT2D eigenvalue weighted by Gasteiger charge is -2.34. The molecule has 1 aromatic rings. The van der Waals surface area contributed by atoms with E-state index < -0.39 is 12.0 Å². The number of carbonyl (C=O) groups is 2. The molecule has 1 heterocycles. The van der Waals surface area contributed by atoms with Gasteiger partial charge in [0.15, 0.2) is 0 Å². The minimum Gasteiger partial charge on any atom is -0.480 e. The molecule has 0 aromatic heterocycles. The molecular weight excluding hydrogens is 268 g/mol. The molecule has 5 nitrogen and oxygen atoms in total. The van der Waals surface area contributed by atoms with E-state index in [1.54, 1.807) is 0 Å². The number of urea groups is 1. The van der Waals surface area contributed by atoms with Crippen LogP contribution >= 0.6 is 0 Å². The Balaban J connectivity index is 2.09. The first kappa shape index (κ1) is 15.1. The van der Waals surface area contributed by atoms with Crippen LogP contribution in [0, 0.1) is 0 Å². The van der Waals surface area contributed by atoms with Crippen LogP contribution in [-0.2, 0) is 17.8 Å². The molecule has 2 N–H and O–H groups in total. The third-order valence-electron chi connectivity index (χ3n) is 3.62. The molecule has 2 amide bonds. The van der Waals surface area contributed by atoms with Crippen LogP contribution in [0.15, 0.2) is 36.4 Å². The van der Waals surface area contributed by atoms with Crippen molar-refractivity contribution >= 4 is 12.0 Å². The number of carbonyl (C=O) groups excluding carboxylic acids is 1. The monoisotopic (exact) mass is 288 g/mol. The Morgan fingerprint density at radius 3 is 2.76 bits per heavy atom. The zero-order valence-corrected chi connectivity index (χ0v) is 12.1. The predicted molar refractivity (Wildman–Crippen MR) is 79.9 cm³/mol. The van der Waals surface area contributed by atoms with Gasteiger partial charge in [0.2, 0.25) is 0 Å². The standard InChI is InChI=1S/C16H20N2O3/c1-2-3-6-9-17-16(21)18-11-13-8-5-4-7-12(13)10-14(18)15(19)20/h2-5,7-8,14H,6,9-11H2,1H3,(H,17,21)(H,19,20)/b3-2+. The second-order valence-corrected chi connectivity index (χ2v) is 5.04. The first-order valence-corrected chi connectivity index (χ1v) is 7.08. The Morgan fingerprint density at radius 1 is 1.38 bits per heavy atom. The zero-order valence-electron chi connectivity index (χ0n) is 12.1. The molecule has 1 unspecified atom stereocenters. The Kier molecular flexibility index (Phi) is 4.98. The lowest BCUT2D eigenvalue weighted by Crippen LogP contribution is -2.52. The van der Waals surface area contributed by atoms with Crippen LogP contribution in [0.1, 0.15) is 24.5 Å². The molecule has 0 spiro atoms. The molecule has 0 aliphatic carbocycles. The van der Waals surface area contributed by atoms with E-state index in [9.17, 15) is 14.7 Å². The van der Waals surface area contributed by atoms with Gasteiger partial charge < -0.3 is 15.3 Å². The molecule has 1 aliphatic rings. The Labute approximate surface area is 124 Å². The summed E-state index contributed by atoms with van der Waals surface area (Å²) in [6.45, 7) is 2.76. The number of fused-ring (bicyclic) bond motifs is 1. The van der Waals surface area contributed by atoms with Gasteiger partial charge in [-0.1, -0.05) is 36.4 Å². The molecule has 0 saturated heterocycles. The summed E-state index contributed by atoms with van der Waals surface area (Å²) in [6, 6.07) is 6.54. The highest BCUT2D eigenvalue weighted by Gasteiger charge is 2.34. The molecule has 1 aromatic carbocycles. The Morgan fingerprint density at radius 2 is 2.10 bits per heavy atom. The Hall–Kier alpha value is -2.30. The summed E-state index contributed by atoms with van der Waals surface area (Å²) in [4.78, 5) is 25.0. The SMILES string of the molecule is C/C=C/CCNC(=O)N1Cc2ccccc2CC1C(=O)O. The smallest absolute Gasteiger partial charge is 0.326 e. The van der Waals surface area contributed by atoms with Gasteiger partial charge >= 0.3 is 12.0 Å². The molecular formula is C16H20N2O3. The van der Waals surface area contributed by atoms with E-state index in [0.717, 1.165) is 17.5 Å². The number of hydrogen-bond acceptors (Lipinski definition) is 2. The summed E-state index contributed by atoms with van der Waals surface area (Å²) in [7, 11) is 0. The molecule has 1 atom stereocenters. The van der Waals surface area contributed by atoms with Gasteiger partial charge in [-0.25, -0.2) is 9.59 Å². The lowest BCUT2D eigenvalue weighted by atomic mass is 9.94. The van der Waals surface area contributed by atoms with E-state index in [1.807, 2.05) is 43.3 Å². The maximum atomic E-state index is 12.2. The van der Waals surface area contributed by atoms with Crippen molar-refractivity contribution in [2.24, 2.45) is 0 Å². The van der Waals surface area contributed by atoms with Gasteiger partial charge in [0.25, 0.3) is 0 Å². The normalized spacial score (nSPS) is 17.6. The number of nitrogens with one attached hydrogen (secondary N) is 1. The minimum atomic E-state index is -0.965. The number of aliphatic carboxylic acids is 1. The summed E-state index contributed by atoms with van der Waals surface area (Å²) >= 11 is 0. The van der Waals surface area contributed by atoms with E-state index in [-0.39, 0.29) is 6.03 Å². The quantitative estimate of drug-likeness (QED) is 0.659. The van der Waals surface area contributed by atoms with Crippen LogP contribution < -0.4 is 5.32 Å². The highest BCUT2D eigenvalue weighted by atomic mass is 16.4. The molecule has 21 heavy (non-hydrogen) atoms. The summed E-state index contributed by atoms with van der Waals surface area (Å²) in [5.41, 5.74) is 2.02.